The van der Waals surface area contributed by atoms with Crippen LogP contribution in [0.2, 0.25) is 0 Å². The minimum atomic E-state index is -0.870. The van der Waals surface area contributed by atoms with Gasteiger partial charge in [0, 0.05) is 57.8 Å². The van der Waals surface area contributed by atoms with Crippen LogP contribution in [0, 0.1) is 5.41 Å². The summed E-state index contributed by atoms with van der Waals surface area (Å²) in [6.45, 7) is 5.22. The van der Waals surface area contributed by atoms with E-state index in [1.165, 1.54) is 0 Å². The van der Waals surface area contributed by atoms with Gasteiger partial charge in [0.05, 0.1) is 5.41 Å². The Morgan fingerprint density at radius 3 is 2.07 bits per heavy atom. The zero-order valence-electron chi connectivity index (χ0n) is 15.8. The molecule has 7 heteroatoms. The second-order valence-electron chi connectivity index (χ2n) is 7.63. The average molecular weight is 373 g/mol. The molecular formula is C20H27N3O4. The first kappa shape index (κ1) is 19.2. The number of carboxylic acid groups (broad SMARTS) is 1. The highest BCUT2D eigenvalue weighted by atomic mass is 16.4. The van der Waals surface area contributed by atoms with Crippen molar-refractivity contribution in [2.24, 2.45) is 5.41 Å². The maximum absolute atomic E-state index is 12.4. The summed E-state index contributed by atoms with van der Waals surface area (Å²) < 4.78 is 0. The number of piperazine rings is 1. The van der Waals surface area contributed by atoms with Crippen LogP contribution in [0.4, 0.5) is 5.69 Å². The van der Waals surface area contributed by atoms with E-state index in [1.54, 1.807) is 11.8 Å². The average Bonchev–Trinajstić information content (AvgIpc) is 3.10. The van der Waals surface area contributed by atoms with Gasteiger partial charge < -0.3 is 19.8 Å². The van der Waals surface area contributed by atoms with E-state index in [1.807, 2.05) is 23.1 Å². The fourth-order valence-corrected chi connectivity index (χ4v) is 3.73. The van der Waals surface area contributed by atoms with Crippen LogP contribution in [0.5, 0.6) is 0 Å². The van der Waals surface area contributed by atoms with Gasteiger partial charge in [0.1, 0.15) is 0 Å². The molecule has 2 saturated heterocycles. The zero-order chi connectivity index (χ0) is 19.4. The maximum atomic E-state index is 12.4. The molecule has 27 heavy (non-hydrogen) atoms. The van der Waals surface area contributed by atoms with E-state index in [-0.39, 0.29) is 31.2 Å². The smallest absolute Gasteiger partial charge is 0.311 e. The summed E-state index contributed by atoms with van der Waals surface area (Å²) in [5.74, 6) is -1.00. The largest absolute Gasteiger partial charge is 0.481 e. The monoisotopic (exact) mass is 373 g/mol. The number of para-hydroxylation sites is 1. The molecule has 0 aromatic heterocycles. The first-order chi connectivity index (χ1) is 12.9. The quantitative estimate of drug-likeness (QED) is 0.845. The van der Waals surface area contributed by atoms with Crippen molar-refractivity contribution in [3.8, 4) is 0 Å². The van der Waals surface area contributed by atoms with Crippen LogP contribution in [-0.2, 0) is 14.4 Å². The van der Waals surface area contributed by atoms with Gasteiger partial charge in [-0.1, -0.05) is 18.2 Å². The minimum absolute atomic E-state index is 0.00347. The second-order valence-corrected chi connectivity index (χ2v) is 7.63. The van der Waals surface area contributed by atoms with Crippen molar-refractivity contribution in [1.82, 2.24) is 9.80 Å². The molecule has 0 radical (unpaired) electrons. The third kappa shape index (κ3) is 4.40. The second kappa shape index (κ2) is 7.98. The maximum Gasteiger partial charge on any atom is 0.311 e. The lowest BCUT2D eigenvalue weighted by molar-refractivity contribution is -0.147. The highest BCUT2D eigenvalue weighted by Gasteiger charge is 2.42. The predicted molar refractivity (Wildman–Crippen MR) is 101 cm³/mol. The molecule has 0 spiro atoms. The fourth-order valence-electron chi connectivity index (χ4n) is 3.73. The number of aliphatic carboxylic acids is 1. The van der Waals surface area contributed by atoms with Crippen molar-refractivity contribution in [2.75, 3.05) is 44.2 Å². The lowest BCUT2D eigenvalue weighted by Crippen LogP contribution is -2.49. The van der Waals surface area contributed by atoms with E-state index in [0.717, 1.165) is 18.8 Å². The molecule has 0 saturated carbocycles. The molecule has 146 valence electrons. The predicted octanol–water partition coefficient (Wildman–Crippen LogP) is 1.44. The molecule has 2 heterocycles. The Labute approximate surface area is 159 Å². The van der Waals surface area contributed by atoms with Crippen molar-refractivity contribution >= 4 is 23.5 Å². The number of rotatable bonds is 5. The number of amides is 2. The van der Waals surface area contributed by atoms with Gasteiger partial charge in [-0.05, 0) is 25.5 Å². The summed E-state index contributed by atoms with van der Waals surface area (Å²) in [5.41, 5.74) is 0.295. The Bertz CT molecular complexity index is 700. The van der Waals surface area contributed by atoms with Gasteiger partial charge in [-0.2, -0.15) is 0 Å². The molecular weight excluding hydrogens is 346 g/mol. The summed E-state index contributed by atoms with van der Waals surface area (Å²) in [6.07, 6.45) is 0.793. The molecule has 2 aliphatic heterocycles. The molecule has 2 aliphatic rings. The highest BCUT2D eigenvalue weighted by molar-refractivity contribution is 5.85. The molecule has 1 unspecified atom stereocenters. The Balaban J connectivity index is 1.43. The number of carboxylic acids is 1. The molecule has 1 aromatic carbocycles. The van der Waals surface area contributed by atoms with E-state index in [0.29, 0.717) is 26.1 Å². The van der Waals surface area contributed by atoms with Gasteiger partial charge in [0.15, 0.2) is 0 Å². The van der Waals surface area contributed by atoms with Gasteiger partial charge in [-0.3, -0.25) is 14.4 Å². The normalized spacial score (nSPS) is 22.8. The lowest BCUT2D eigenvalue weighted by Gasteiger charge is -2.36. The molecule has 2 amide bonds. The molecule has 2 fully saturated rings. The van der Waals surface area contributed by atoms with Crippen LogP contribution in [0.15, 0.2) is 30.3 Å². The highest BCUT2D eigenvalue weighted by Crippen LogP contribution is 2.30. The van der Waals surface area contributed by atoms with E-state index < -0.39 is 11.4 Å². The zero-order valence-corrected chi connectivity index (χ0v) is 15.8. The van der Waals surface area contributed by atoms with Gasteiger partial charge in [0.25, 0.3) is 0 Å². The van der Waals surface area contributed by atoms with Crippen LogP contribution in [0.3, 0.4) is 0 Å². The lowest BCUT2D eigenvalue weighted by atomic mass is 9.90. The first-order valence-electron chi connectivity index (χ1n) is 9.48. The summed E-state index contributed by atoms with van der Waals surface area (Å²) in [6, 6.07) is 10.1. The number of nitrogens with zero attached hydrogens (tertiary/aromatic N) is 3. The van der Waals surface area contributed by atoms with Gasteiger partial charge >= 0.3 is 5.97 Å². The van der Waals surface area contributed by atoms with E-state index in [4.69, 9.17) is 0 Å². The molecule has 7 nitrogen and oxygen atoms in total. The number of benzene rings is 1. The van der Waals surface area contributed by atoms with Crippen molar-refractivity contribution in [1.29, 1.82) is 0 Å². The first-order valence-corrected chi connectivity index (χ1v) is 9.48. The minimum Gasteiger partial charge on any atom is -0.481 e. The van der Waals surface area contributed by atoms with Gasteiger partial charge in [-0.25, -0.2) is 0 Å². The van der Waals surface area contributed by atoms with Gasteiger partial charge in [-0.15, -0.1) is 0 Å². The number of likely N-dealkylation sites (tertiary alicyclic amines) is 1. The molecule has 1 atom stereocenters. The summed E-state index contributed by atoms with van der Waals surface area (Å²) in [5, 5.41) is 9.26. The van der Waals surface area contributed by atoms with Crippen molar-refractivity contribution in [2.45, 2.75) is 26.2 Å². The van der Waals surface area contributed by atoms with Crippen molar-refractivity contribution in [3.63, 3.8) is 0 Å². The van der Waals surface area contributed by atoms with E-state index >= 15 is 0 Å². The number of hydrogen-bond donors (Lipinski definition) is 1. The Hall–Kier alpha value is -2.57. The van der Waals surface area contributed by atoms with Gasteiger partial charge in [0.2, 0.25) is 11.8 Å². The Morgan fingerprint density at radius 1 is 0.926 bits per heavy atom. The number of carbonyl (C=O) groups is 3. The molecule has 0 aliphatic carbocycles. The van der Waals surface area contributed by atoms with Crippen molar-refractivity contribution in [3.05, 3.63) is 30.3 Å². The van der Waals surface area contributed by atoms with E-state index in [9.17, 15) is 19.5 Å². The van der Waals surface area contributed by atoms with E-state index in [2.05, 4.69) is 17.0 Å². The fraction of sp³-hybridized carbons (Fsp3) is 0.550. The molecule has 1 aromatic rings. The Morgan fingerprint density at radius 2 is 1.52 bits per heavy atom. The Kier molecular flexibility index (Phi) is 5.68. The third-order valence-corrected chi connectivity index (χ3v) is 5.65. The molecule has 1 N–H and O–H groups in total. The van der Waals surface area contributed by atoms with Crippen molar-refractivity contribution < 1.29 is 19.5 Å². The number of carbonyl (C=O) groups excluding carboxylic acids is 2. The standard InChI is InChI=1S/C20H27N3O4/c1-20(19(26)27)9-10-23(15-20)18(25)8-7-17(24)22-13-11-21(12-14-22)16-5-3-2-4-6-16/h2-6H,7-15H2,1H3,(H,26,27). The third-order valence-electron chi connectivity index (χ3n) is 5.65. The molecule has 0 bridgehead atoms. The van der Waals surface area contributed by atoms with Crippen LogP contribution in [0.1, 0.15) is 26.2 Å². The summed E-state index contributed by atoms with van der Waals surface area (Å²) >= 11 is 0. The number of hydrogen-bond acceptors (Lipinski definition) is 4. The number of anilines is 1. The van der Waals surface area contributed by atoms with Crippen LogP contribution in [-0.4, -0.2) is 72.0 Å². The van der Waals surface area contributed by atoms with Crippen LogP contribution >= 0.6 is 0 Å². The van der Waals surface area contributed by atoms with Crippen LogP contribution in [0.25, 0.3) is 0 Å². The topological polar surface area (TPSA) is 81.2 Å². The van der Waals surface area contributed by atoms with Crippen LogP contribution < -0.4 is 4.90 Å². The summed E-state index contributed by atoms with van der Waals surface area (Å²) in [4.78, 5) is 41.7. The molecule has 3 rings (SSSR count). The summed E-state index contributed by atoms with van der Waals surface area (Å²) in [7, 11) is 0. The SMILES string of the molecule is CC1(C(=O)O)CCN(C(=O)CCC(=O)N2CCN(c3ccccc3)CC2)C1.